The Bertz CT molecular complexity index is 1170. The molecule has 1 heterocycles. The molecule has 1 fully saturated rings. The Balaban J connectivity index is 1.23. The molecule has 2 rings (SSSR count). The average Bonchev–Trinajstić information content (AvgIpc) is 3.39. The Morgan fingerprint density at radius 3 is 1.53 bits per heavy atom. The number of ether oxygens (including phenoxy) is 8. The van der Waals surface area contributed by atoms with Gasteiger partial charge in [0.2, 0.25) is 0 Å². The number of anilines is 1. The van der Waals surface area contributed by atoms with E-state index in [9.17, 15) is 27.6 Å². The van der Waals surface area contributed by atoms with Crippen LogP contribution in [-0.2, 0) is 63.3 Å². The number of aryl methyl sites for hydroxylation is 1. The molecule has 0 aromatic heterocycles. The first-order valence-electron chi connectivity index (χ1n) is 16.5. The maximum Gasteiger partial charge on any atom is 0.416 e. The normalized spacial score (nSPS) is 13.2. The first kappa shape index (κ1) is 44.2. The molecule has 1 aromatic rings. The Kier molecular flexibility index (Phi) is 23.1. The van der Waals surface area contributed by atoms with Gasteiger partial charge in [0.05, 0.1) is 118 Å². The number of carbonyl (C=O) groups excluding carboxylic acids is 3. The number of amides is 2. The van der Waals surface area contributed by atoms with Crippen LogP contribution in [0.2, 0.25) is 0 Å². The third kappa shape index (κ3) is 21.8. The number of nitrogens with one attached hydrogen (secondary N) is 2. The van der Waals surface area contributed by atoms with Crippen LogP contribution in [0, 0.1) is 6.92 Å². The summed E-state index contributed by atoms with van der Waals surface area (Å²) in [6.07, 6.45) is -4.43. The lowest BCUT2D eigenvalue weighted by Gasteiger charge is -2.14. The molecule has 290 valence electrons. The van der Waals surface area contributed by atoms with Crippen LogP contribution in [0.1, 0.15) is 30.4 Å². The largest absolute Gasteiger partial charge is 0.416 e. The number of thiocarbonyl (C=S) groups is 1. The van der Waals surface area contributed by atoms with Crippen molar-refractivity contribution in [1.82, 2.24) is 10.4 Å². The first-order valence-corrected chi connectivity index (χ1v) is 16.9. The second kappa shape index (κ2) is 26.7. The van der Waals surface area contributed by atoms with Crippen LogP contribution in [0.4, 0.5) is 18.9 Å². The Hall–Kier alpha value is -3.01. The van der Waals surface area contributed by atoms with E-state index in [2.05, 4.69) is 10.6 Å². The van der Waals surface area contributed by atoms with E-state index in [1.165, 1.54) is 0 Å². The number of hydrogen-bond acceptors (Lipinski definition) is 13. The van der Waals surface area contributed by atoms with Gasteiger partial charge in [0.1, 0.15) is 0 Å². The molecule has 0 radical (unpaired) electrons. The summed E-state index contributed by atoms with van der Waals surface area (Å²) in [5.41, 5.74) is -0.00990. The van der Waals surface area contributed by atoms with Gasteiger partial charge in [-0.25, -0.2) is 4.79 Å². The molecule has 1 saturated heterocycles. The van der Waals surface area contributed by atoms with E-state index in [0.717, 1.165) is 12.1 Å². The summed E-state index contributed by atoms with van der Waals surface area (Å²) in [7, 11) is 0. The number of hydrogen-bond donors (Lipinski definition) is 2. The number of imide groups is 1. The second-order valence-electron chi connectivity index (χ2n) is 10.7. The lowest BCUT2D eigenvalue weighted by molar-refractivity contribution is -0.198. The highest BCUT2D eigenvalue weighted by molar-refractivity contribution is 7.80. The molecule has 51 heavy (non-hydrogen) atoms. The van der Waals surface area contributed by atoms with Gasteiger partial charge in [-0.2, -0.15) is 13.2 Å². The molecule has 1 aliphatic heterocycles. The van der Waals surface area contributed by atoms with Crippen molar-refractivity contribution in [3.05, 3.63) is 29.3 Å². The molecule has 0 bridgehead atoms. The molecule has 2 N–H and O–H groups in total. The lowest BCUT2D eigenvalue weighted by atomic mass is 10.1. The first-order chi connectivity index (χ1) is 24.6. The average molecular weight is 756 g/mol. The highest BCUT2D eigenvalue weighted by Crippen LogP contribution is 2.31. The molecule has 0 unspecified atom stereocenters. The van der Waals surface area contributed by atoms with Crippen LogP contribution < -0.4 is 10.6 Å². The SMILES string of the molecule is Cc1cc(NC(=S)NCCOCCOCCOCCOCCOCCOCCOCCOCCC(=O)ON2C(=O)CCC2=O)cc(C(F)(F)F)c1. The van der Waals surface area contributed by atoms with E-state index in [1.807, 2.05) is 0 Å². The van der Waals surface area contributed by atoms with E-state index < -0.39 is 29.5 Å². The third-order valence-electron chi connectivity index (χ3n) is 6.45. The summed E-state index contributed by atoms with van der Waals surface area (Å²) in [6, 6.07) is 3.66. The number of hydroxylamine groups is 2. The minimum absolute atomic E-state index is 0.0476. The smallest absolute Gasteiger partial charge is 0.378 e. The minimum Gasteiger partial charge on any atom is -0.378 e. The third-order valence-corrected chi connectivity index (χ3v) is 6.69. The fourth-order valence-corrected chi connectivity index (χ4v) is 4.25. The van der Waals surface area contributed by atoms with E-state index in [1.54, 1.807) is 13.0 Å². The molecule has 15 nitrogen and oxygen atoms in total. The van der Waals surface area contributed by atoms with Gasteiger partial charge in [-0.05, 0) is 42.9 Å². The molecular formula is C32H48F3N3O12S. The Morgan fingerprint density at radius 2 is 1.10 bits per heavy atom. The number of nitrogens with zero attached hydrogens (tertiary/aromatic N) is 1. The Morgan fingerprint density at radius 1 is 0.686 bits per heavy atom. The van der Waals surface area contributed by atoms with Crippen molar-refractivity contribution in [3.63, 3.8) is 0 Å². The monoisotopic (exact) mass is 755 g/mol. The highest BCUT2D eigenvalue weighted by atomic mass is 32.1. The van der Waals surface area contributed by atoms with Gasteiger partial charge in [-0.1, -0.05) is 0 Å². The van der Waals surface area contributed by atoms with Crippen molar-refractivity contribution < 1.29 is 70.3 Å². The summed E-state index contributed by atoms with van der Waals surface area (Å²) in [5, 5.41) is 6.35. The lowest BCUT2D eigenvalue weighted by Crippen LogP contribution is -2.32. The van der Waals surface area contributed by atoms with Gasteiger partial charge in [0.25, 0.3) is 11.8 Å². The molecular weight excluding hydrogens is 707 g/mol. The van der Waals surface area contributed by atoms with Crippen molar-refractivity contribution in [2.75, 3.05) is 118 Å². The van der Waals surface area contributed by atoms with Crippen LogP contribution in [0.25, 0.3) is 0 Å². The molecule has 0 spiro atoms. The van der Waals surface area contributed by atoms with E-state index in [4.69, 9.17) is 55.0 Å². The van der Waals surface area contributed by atoms with Crippen LogP contribution >= 0.6 is 12.2 Å². The topological polar surface area (TPSA) is 162 Å². The molecule has 1 aliphatic rings. The van der Waals surface area contributed by atoms with Gasteiger partial charge in [0, 0.05) is 25.1 Å². The van der Waals surface area contributed by atoms with Gasteiger partial charge >= 0.3 is 12.1 Å². The zero-order valence-corrected chi connectivity index (χ0v) is 29.6. The van der Waals surface area contributed by atoms with Crippen molar-refractivity contribution in [2.45, 2.75) is 32.4 Å². The highest BCUT2D eigenvalue weighted by Gasteiger charge is 2.33. The van der Waals surface area contributed by atoms with Crippen LogP contribution in [-0.4, -0.2) is 140 Å². The van der Waals surface area contributed by atoms with Gasteiger partial charge in [-0.15, -0.1) is 5.06 Å². The second-order valence-corrected chi connectivity index (χ2v) is 11.1. The fraction of sp³-hybridized carbons (Fsp3) is 0.688. The Labute approximate surface area is 300 Å². The van der Waals surface area contributed by atoms with Crippen LogP contribution in [0.5, 0.6) is 0 Å². The predicted molar refractivity (Wildman–Crippen MR) is 179 cm³/mol. The number of rotatable bonds is 29. The van der Waals surface area contributed by atoms with E-state index in [0.29, 0.717) is 110 Å². The molecule has 1 aromatic carbocycles. The number of carbonyl (C=O) groups is 3. The summed E-state index contributed by atoms with van der Waals surface area (Å²) in [4.78, 5) is 39.2. The fourth-order valence-electron chi connectivity index (χ4n) is 4.03. The zero-order valence-electron chi connectivity index (χ0n) is 28.8. The molecule has 19 heteroatoms. The summed E-state index contributed by atoms with van der Waals surface area (Å²) in [5.74, 6) is -1.76. The number of halogens is 3. The van der Waals surface area contributed by atoms with E-state index in [-0.39, 0.29) is 43.3 Å². The standard InChI is InChI=1S/C32H48F3N3O12S/c1-25-22-26(32(33,34)35)24-27(23-25)37-31(51)36-5-7-43-9-11-45-13-15-47-17-19-49-21-20-48-18-16-46-14-12-44-10-8-42-6-4-30(41)50-38-28(39)2-3-29(38)40/h22-24H,2-21H2,1H3,(H2,36,37,51). The van der Waals surface area contributed by atoms with Crippen molar-refractivity contribution >= 4 is 40.8 Å². The molecule has 2 amide bonds. The predicted octanol–water partition coefficient (Wildman–Crippen LogP) is 2.43. The van der Waals surface area contributed by atoms with Gasteiger partial charge in [0.15, 0.2) is 5.11 Å². The van der Waals surface area contributed by atoms with Crippen molar-refractivity contribution in [2.24, 2.45) is 0 Å². The maximum atomic E-state index is 13.0. The van der Waals surface area contributed by atoms with Crippen LogP contribution in [0.3, 0.4) is 0 Å². The zero-order chi connectivity index (χ0) is 37.2. The summed E-state index contributed by atoms with van der Waals surface area (Å²) in [6.45, 7) is 7.80. The summed E-state index contributed by atoms with van der Waals surface area (Å²) >= 11 is 5.13. The number of alkyl halides is 3. The van der Waals surface area contributed by atoms with Crippen LogP contribution in [0.15, 0.2) is 18.2 Å². The van der Waals surface area contributed by atoms with E-state index >= 15 is 0 Å². The minimum atomic E-state index is -4.43. The molecule has 0 atom stereocenters. The van der Waals surface area contributed by atoms with Crippen molar-refractivity contribution in [3.8, 4) is 0 Å². The molecule has 0 saturated carbocycles. The van der Waals surface area contributed by atoms with Gasteiger partial charge in [-0.3, -0.25) is 9.59 Å². The quantitative estimate of drug-likeness (QED) is 0.0697. The van der Waals surface area contributed by atoms with Crippen molar-refractivity contribution in [1.29, 1.82) is 0 Å². The number of benzene rings is 1. The maximum absolute atomic E-state index is 13.0. The summed E-state index contributed by atoms with van der Waals surface area (Å²) < 4.78 is 82.2. The van der Waals surface area contributed by atoms with Gasteiger partial charge < -0.3 is 53.4 Å². The molecule has 0 aliphatic carbocycles.